The molecule has 4 nitrogen and oxygen atoms in total. The second-order valence-electron chi connectivity index (χ2n) is 4.90. The summed E-state index contributed by atoms with van der Waals surface area (Å²) in [6.45, 7) is 0. The summed E-state index contributed by atoms with van der Waals surface area (Å²) in [4.78, 5) is 17.2. The molecule has 0 saturated carbocycles. The predicted molar refractivity (Wildman–Crippen MR) is 81.2 cm³/mol. The van der Waals surface area contributed by atoms with Crippen molar-refractivity contribution in [2.24, 2.45) is 0 Å². The zero-order chi connectivity index (χ0) is 13.9. The molecule has 3 rings (SSSR count). The Morgan fingerprint density at radius 3 is 3.20 bits per heavy atom. The molecule has 2 aromatic rings. The molecule has 104 valence electrons. The van der Waals surface area contributed by atoms with E-state index in [-0.39, 0.29) is 5.91 Å². The van der Waals surface area contributed by atoms with Gasteiger partial charge >= 0.3 is 0 Å². The van der Waals surface area contributed by atoms with Gasteiger partial charge in [-0.3, -0.25) is 9.78 Å². The Labute approximate surface area is 122 Å². The molecule has 0 radical (unpaired) electrons. The molecular weight excluding hydrogens is 270 g/mol. The average Bonchev–Trinajstić information content (AvgIpc) is 2.96. The second kappa shape index (κ2) is 5.63. The Morgan fingerprint density at radius 1 is 1.45 bits per heavy atom. The van der Waals surface area contributed by atoms with E-state index in [2.05, 4.69) is 27.1 Å². The van der Waals surface area contributed by atoms with Gasteiger partial charge in [-0.15, -0.1) is 11.3 Å². The van der Waals surface area contributed by atoms with Gasteiger partial charge in [0.05, 0.1) is 6.04 Å². The third-order valence-corrected chi connectivity index (χ3v) is 4.61. The number of amides is 1. The van der Waals surface area contributed by atoms with E-state index in [9.17, 15) is 4.79 Å². The molecule has 1 atom stereocenters. The van der Waals surface area contributed by atoms with E-state index in [1.807, 2.05) is 17.4 Å². The van der Waals surface area contributed by atoms with Crippen LogP contribution in [0.2, 0.25) is 0 Å². The van der Waals surface area contributed by atoms with Crippen molar-refractivity contribution in [1.29, 1.82) is 0 Å². The first-order valence-electron chi connectivity index (χ1n) is 6.79. The maximum absolute atomic E-state index is 11.6. The van der Waals surface area contributed by atoms with Crippen LogP contribution in [0, 0.1) is 0 Å². The van der Waals surface area contributed by atoms with Crippen molar-refractivity contribution >= 4 is 22.9 Å². The van der Waals surface area contributed by atoms with E-state index >= 15 is 0 Å². The van der Waals surface area contributed by atoms with Crippen LogP contribution in [0.4, 0.5) is 5.69 Å². The summed E-state index contributed by atoms with van der Waals surface area (Å²) < 4.78 is 0. The van der Waals surface area contributed by atoms with Crippen LogP contribution in [0.25, 0.3) is 0 Å². The van der Waals surface area contributed by atoms with E-state index in [0.29, 0.717) is 11.7 Å². The summed E-state index contributed by atoms with van der Waals surface area (Å²) in [7, 11) is 1.61. The average molecular weight is 287 g/mol. The molecule has 0 saturated heterocycles. The van der Waals surface area contributed by atoms with Crippen molar-refractivity contribution in [2.75, 3.05) is 12.4 Å². The molecule has 2 N–H and O–H groups in total. The first-order valence-corrected chi connectivity index (χ1v) is 7.67. The molecular formula is C15H17N3OS. The lowest BCUT2D eigenvalue weighted by atomic mass is 9.94. The Kier molecular flexibility index (Phi) is 3.69. The number of rotatable bonds is 3. The van der Waals surface area contributed by atoms with Crippen molar-refractivity contribution in [3.63, 3.8) is 0 Å². The maximum Gasteiger partial charge on any atom is 0.269 e. The van der Waals surface area contributed by atoms with Gasteiger partial charge in [-0.05, 0) is 48.4 Å². The number of hydrogen-bond donors (Lipinski definition) is 2. The molecule has 0 spiro atoms. The molecule has 0 bridgehead atoms. The number of pyridine rings is 1. The fraction of sp³-hybridized carbons (Fsp3) is 0.333. The predicted octanol–water partition coefficient (Wildman–Crippen LogP) is 2.99. The fourth-order valence-corrected chi connectivity index (χ4v) is 3.60. The molecule has 20 heavy (non-hydrogen) atoms. The molecule has 0 aliphatic heterocycles. The SMILES string of the molecule is CNC(=O)c1cc(NC2CCCc3sccc32)ccn1. The third-order valence-electron chi connectivity index (χ3n) is 3.61. The lowest BCUT2D eigenvalue weighted by molar-refractivity contribution is 0.0958. The molecule has 2 aromatic heterocycles. The first-order chi connectivity index (χ1) is 9.78. The minimum absolute atomic E-state index is 0.159. The van der Waals surface area contributed by atoms with Gasteiger partial charge in [0.2, 0.25) is 0 Å². The van der Waals surface area contributed by atoms with Crippen molar-refractivity contribution in [1.82, 2.24) is 10.3 Å². The molecule has 1 aliphatic rings. The molecule has 0 fully saturated rings. The zero-order valence-electron chi connectivity index (χ0n) is 11.3. The summed E-state index contributed by atoms with van der Waals surface area (Å²) in [5, 5.41) is 8.29. The van der Waals surface area contributed by atoms with E-state index in [4.69, 9.17) is 0 Å². The maximum atomic E-state index is 11.6. The van der Waals surface area contributed by atoms with Gasteiger partial charge < -0.3 is 10.6 Å². The van der Waals surface area contributed by atoms with E-state index in [0.717, 1.165) is 12.1 Å². The number of aryl methyl sites for hydroxylation is 1. The highest BCUT2D eigenvalue weighted by atomic mass is 32.1. The summed E-state index contributed by atoms with van der Waals surface area (Å²) >= 11 is 1.83. The van der Waals surface area contributed by atoms with Gasteiger partial charge in [-0.1, -0.05) is 0 Å². The monoisotopic (exact) mass is 287 g/mol. The number of anilines is 1. The van der Waals surface area contributed by atoms with E-state index < -0.39 is 0 Å². The van der Waals surface area contributed by atoms with Crippen molar-refractivity contribution < 1.29 is 4.79 Å². The Bertz CT molecular complexity index is 623. The van der Waals surface area contributed by atoms with Crippen molar-refractivity contribution in [2.45, 2.75) is 25.3 Å². The molecule has 1 aliphatic carbocycles. The van der Waals surface area contributed by atoms with Crippen LogP contribution in [0.15, 0.2) is 29.8 Å². The number of nitrogens with one attached hydrogen (secondary N) is 2. The number of hydrogen-bond acceptors (Lipinski definition) is 4. The number of nitrogens with zero attached hydrogens (tertiary/aromatic N) is 1. The van der Waals surface area contributed by atoms with E-state index in [1.165, 1.54) is 23.3 Å². The van der Waals surface area contributed by atoms with Crippen LogP contribution in [0.1, 0.15) is 39.8 Å². The lowest BCUT2D eigenvalue weighted by Gasteiger charge is -2.24. The number of carbonyl (C=O) groups is 1. The van der Waals surface area contributed by atoms with Gasteiger partial charge in [0, 0.05) is 23.8 Å². The highest BCUT2D eigenvalue weighted by Gasteiger charge is 2.21. The minimum Gasteiger partial charge on any atom is -0.378 e. The Balaban J connectivity index is 1.81. The highest BCUT2D eigenvalue weighted by molar-refractivity contribution is 7.10. The number of fused-ring (bicyclic) bond motifs is 1. The van der Waals surface area contributed by atoms with Crippen LogP contribution in [0.5, 0.6) is 0 Å². The molecule has 1 unspecified atom stereocenters. The summed E-state index contributed by atoms with van der Waals surface area (Å²) in [6, 6.07) is 6.26. The van der Waals surface area contributed by atoms with E-state index in [1.54, 1.807) is 19.3 Å². The third kappa shape index (κ3) is 2.54. The normalized spacial score (nSPS) is 17.4. The molecule has 0 aromatic carbocycles. The van der Waals surface area contributed by atoms with Crippen LogP contribution in [-0.4, -0.2) is 17.9 Å². The van der Waals surface area contributed by atoms with Crippen LogP contribution in [-0.2, 0) is 6.42 Å². The first kappa shape index (κ1) is 13.1. The van der Waals surface area contributed by atoms with Crippen molar-refractivity contribution in [3.8, 4) is 0 Å². The zero-order valence-corrected chi connectivity index (χ0v) is 12.2. The van der Waals surface area contributed by atoms with Crippen LogP contribution in [0.3, 0.4) is 0 Å². The second-order valence-corrected chi connectivity index (χ2v) is 5.90. The molecule has 5 heteroatoms. The quantitative estimate of drug-likeness (QED) is 0.912. The Hall–Kier alpha value is -1.88. The van der Waals surface area contributed by atoms with Gasteiger partial charge in [0.25, 0.3) is 5.91 Å². The largest absolute Gasteiger partial charge is 0.378 e. The lowest BCUT2D eigenvalue weighted by Crippen LogP contribution is -2.20. The standard InChI is InChI=1S/C15H17N3OS/c1-16-15(19)13-9-10(5-7-17-13)18-12-3-2-4-14-11(12)6-8-20-14/h5-9,12H,2-4H2,1H3,(H,16,19)(H,17,18). The highest BCUT2D eigenvalue weighted by Crippen LogP contribution is 2.35. The fourth-order valence-electron chi connectivity index (χ4n) is 2.61. The molecule has 2 heterocycles. The molecule has 1 amide bonds. The van der Waals surface area contributed by atoms with Crippen molar-refractivity contribution in [3.05, 3.63) is 45.9 Å². The smallest absolute Gasteiger partial charge is 0.269 e. The van der Waals surface area contributed by atoms with Crippen LogP contribution >= 0.6 is 11.3 Å². The number of carbonyl (C=O) groups excluding carboxylic acids is 1. The topological polar surface area (TPSA) is 54.0 Å². The summed E-state index contributed by atoms with van der Waals surface area (Å²) in [5.74, 6) is -0.159. The number of aromatic nitrogens is 1. The summed E-state index contributed by atoms with van der Waals surface area (Å²) in [6.07, 6.45) is 5.19. The minimum atomic E-state index is -0.159. The van der Waals surface area contributed by atoms with Gasteiger partial charge in [0.15, 0.2) is 0 Å². The number of thiophene rings is 1. The van der Waals surface area contributed by atoms with Gasteiger partial charge in [-0.2, -0.15) is 0 Å². The van der Waals surface area contributed by atoms with Gasteiger partial charge in [0.1, 0.15) is 5.69 Å². The van der Waals surface area contributed by atoms with Gasteiger partial charge in [-0.25, -0.2) is 0 Å². The summed E-state index contributed by atoms with van der Waals surface area (Å²) in [5.41, 5.74) is 2.79. The van der Waals surface area contributed by atoms with Crippen LogP contribution < -0.4 is 10.6 Å². The Morgan fingerprint density at radius 2 is 2.35 bits per heavy atom.